The molecule has 0 saturated heterocycles. The maximum Gasteiger partial charge on any atom is 0.231 e. The van der Waals surface area contributed by atoms with Gasteiger partial charge in [-0.3, -0.25) is 0 Å². The van der Waals surface area contributed by atoms with E-state index >= 15 is 0 Å². The SMILES string of the molecule is c1ccc(-c2c(-c3ccc4c(c3)OCO4)c(-c3ccc4c(c3)OCO4)c(-c3ccccc3)c3ccccc23)cc1. The molecule has 2 heterocycles. The second-order valence-corrected chi connectivity index (χ2v) is 9.91. The highest BCUT2D eigenvalue weighted by Crippen LogP contribution is 2.53. The first-order valence-corrected chi connectivity index (χ1v) is 13.3. The van der Waals surface area contributed by atoms with Gasteiger partial charge in [0, 0.05) is 0 Å². The Morgan fingerprint density at radius 3 is 1.18 bits per heavy atom. The second kappa shape index (κ2) is 9.21. The summed E-state index contributed by atoms with van der Waals surface area (Å²) in [6, 6.07) is 42.4. The van der Waals surface area contributed by atoms with Gasteiger partial charge in [0.1, 0.15) is 0 Å². The average Bonchev–Trinajstić information content (AvgIpc) is 3.69. The molecule has 0 unspecified atom stereocenters. The first kappa shape index (κ1) is 22.7. The van der Waals surface area contributed by atoms with Crippen molar-refractivity contribution in [3.8, 4) is 67.5 Å². The highest BCUT2D eigenvalue weighted by Gasteiger charge is 2.26. The molecule has 6 aromatic carbocycles. The van der Waals surface area contributed by atoms with Gasteiger partial charge >= 0.3 is 0 Å². The molecule has 0 aromatic heterocycles. The number of fused-ring (bicyclic) bond motifs is 3. The maximum atomic E-state index is 5.86. The molecule has 0 saturated carbocycles. The van der Waals surface area contributed by atoms with E-state index in [2.05, 4.69) is 109 Å². The van der Waals surface area contributed by atoms with Crippen LogP contribution in [0.5, 0.6) is 23.0 Å². The Kier molecular flexibility index (Phi) is 5.23. The molecule has 4 heteroatoms. The van der Waals surface area contributed by atoms with E-state index in [1.807, 2.05) is 12.1 Å². The summed E-state index contributed by atoms with van der Waals surface area (Å²) >= 11 is 0. The monoisotopic (exact) mass is 520 g/mol. The highest BCUT2D eigenvalue weighted by molar-refractivity contribution is 6.18. The molecule has 0 radical (unpaired) electrons. The van der Waals surface area contributed by atoms with Crippen LogP contribution < -0.4 is 18.9 Å². The van der Waals surface area contributed by atoms with Gasteiger partial charge in [0.25, 0.3) is 0 Å². The topological polar surface area (TPSA) is 36.9 Å². The van der Waals surface area contributed by atoms with Crippen LogP contribution in [0.1, 0.15) is 0 Å². The van der Waals surface area contributed by atoms with Gasteiger partial charge in [-0.25, -0.2) is 0 Å². The Balaban J connectivity index is 1.58. The Morgan fingerprint density at radius 2 is 0.725 bits per heavy atom. The third-order valence-corrected chi connectivity index (χ3v) is 7.66. The zero-order valence-corrected chi connectivity index (χ0v) is 21.6. The molecular weight excluding hydrogens is 496 g/mol. The Morgan fingerprint density at radius 1 is 0.325 bits per heavy atom. The lowest BCUT2D eigenvalue weighted by atomic mass is 9.79. The van der Waals surface area contributed by atoms with Gasteiger partial charge in [-0.2, -0.15) is 0 Å². The van der Waals surface area contributed by atoms with Crippen LogP contribution in [0.4, 0.5) is 0 Å². The summed E-state index contributed by atoms with van der Waals surface area (Å²) < 4.78 is 23.1. The summed E-state index contributed by atoms with van der Waals surface area (Å²) in [7, 11) is 0. The quantitative estimate of drug-likeness (QED) is 0.232. The van der Waals surface area contributed by atoms with E-state index < -0.39 is 0 Å². The van der Waals surface area contributed by atoms with Crippen molar-refractivity contribution in [1.82, 2.24) is 0 Å². The lowest BCUT2D eigenvalue weighted by Gasteiger charge is -2.24. The van der Waals surface area contributed by atoms with E-state index in [-0.39, 0.29) is 13.6 Å². The summed E-state index contributed by atoms with van der Waals surface area (Å²) in [5.74, 6) is 3.03. The molecule has 0 spiro atoms. The molecule has 0 aliphatic carbocycles. The van der Waals surface area contributed by atoms with Crippen LogP contribution in [0.3, 0.4) is 0 Å². The fraction of sp³-hybridized carbons (Fsp3) is 0.0556. The van der Waals surface area contributed by atoms with Gasteiger partial charge in [0.05, 0.1) is 0 Å². The predicted molar refractivity (Wildman–Crippen MR) is 158 cm³/mol. The molecule has 2 aliphatic rings. The van der Waals surface area contributed by atoms with Crippen LogP contribution in [-0.2, 0) is 0 Å². The molecule has 2 aliphatic heterocycles. The minimum atomic E-state index is 0.229. The van der Waals surface area contributed by atoms with Crippen molar-refractivity contribution in [3.05, 3.63) is 121 Å². The summed E-state index contributed by atoms with van der Waals surface area (Å²) in [5.41, 5.74) is 8.99. The average molecular weight is 521 g/mol. The van der Waals surface area contributed by atoms with Crippen LogP contribution in [0.2, 0.25) is 0 Å². The van der Waals surface area contributed by atoms with E-state index in [1.54, 1.807) is 0 Å². The first-order valence-electron chi connectivity index (χ1n) is 13.3. The number of hydrogen-bond donors (Lipinski definition) is 0. The predicted octanol–water partition coefficient (Wildman–Crippen LogP) is 8.97. The molecule has 0 amide bonds. The third kappa shape index (κ3) is 3.61. The zero-order valence-electron chi connectivity index (χ0n) is 21.6. The highest BCUT2D eigenvalue weighted by atomic mass is 16.7. The fourth-order valence-corrected chi connectivity index (χ4v) is 5.93. The van der Waals surface area contributed by atoms with E-state index in [4.69, 9.17) is 18.9 Å². The molecule has 192 valence electrons. The van der Waals surface area contributed by atoms with Gasteiger partial charge in [0.15, 0.2) is 23.0 Å². The molecule has 8 rings (SSSR count). The summed E-state index contributed by atoms with van der Waals surface area (Å²) in [6.45, 7) is 0.457. The van der Waals surface area contributed by atoms with Crippen LogP contribution in [0, 0.1) is 0 Å². The van der Waals surface area contributed by atoms with Crippen molar-refractivity contribution in [2.75, 3.05) is 13.6 Å². The number of ether oxygens (including phenoxy) is 4. The smallest absolute Gasteiger partial charge is 0.231 e. The Labute approximate surface area is 232 Å². The van der Waals surface area contributed by atoms with E-state index in [9.17, 15) is 0 Å². The molecule has 0 bridgehead atoms. The lowest BCUT2D eigenvalue weighted by molar-refractivity contribution is 0.173. The summed E-state index contributed by atoms with van der Waals surface area (Å²) in [4.78, 5) is 0. The molecule has 40 heavy (non-hydrogen) atoms. The summed E-state index contributed by atoms with van der Waals surface area (Å²) in [5, 5.41) is 2.37. The van der Waals surface area contributed by atoms with Gasteiger partial charge in [-0.05, 0) is 79.5 Å². The minimum Gasteiger partial charge on any atom is -0.454 e. The fourth-order valence-electron chi connectivity index (χ4n) is 5.93. The molecular formula is C36H24O4. The first-order chi connectivity index (χ1) is 19.8. The van der Waals surface area contributed by atoms with E-state index in [0.29, 0.717) is 0 Å². The Hall–Kier alpha value is -5.22. The van der Waals surface area contributed by atoms with Gasteiger partial charge in [-0.15, -0.1) is 0 Å². The minimum absolute atomic E-state index is 0.229. The van der Waals surface area contributed by atoms with Crippen LogP contribution in [-0.4, -0.2) is 13.6 Å². The van der Waals surface area contributed by atoms with Gasteiger partial charge in [0.2, 0.25) is 13.6 Å². The Bertz CT molecular complexity index is 1760. The van der Waals surface area contributed by atoms with Crippen LogP contribution in [0.25, 0.3) is 55.3 Å². The van der Waals surface area contributed by atoms with Crippen molar-refractivity contribution < 1.29 is 18.9 Å². The summed E-state index contributed by atoms with van der Waals surface area (Å²) in [6.07, 6.45) is 0. The number of hydrogen-bond acceptors (Lipinski definition) is 4. The largest absolute Gasteiger partial charge is 0.454 e. The standard InChI is InChI=1S/C36H24O4/c1-3-9-23(10-4-1)33-27-13-7-8-14-28(27)34(24-11-5-2-6-12-24)36(26-16-18-30-32(20-26)40-22-38-30)35(33)25-15-17-29-31(19-25)39-21-37-29/h1-20H,21-22H2. The normalized spacial score (nSPS) is 13.1. The second-order valence-electron chi connectivity index (χ2n) is 9.91. The maximum absolute atomic E-state index is 5.86. The van der Waals surface area contributed by atoms with Crippen LogP contribution in [0.15, 0.2) is 121 Å². The van der Waals surface area contributed by atoms with Crippen molar-refractivity contribution in [2.45, 2.75) is 0 Å². The molecule has 0 fully saturated rings. The molecule has 6 aromatic rings. The van der Waals surface area contributed by atoms with Crippen molar-refractivity contribution in [1.29, 1.82) is 0 Å². The number of benzene rings is 6. The van der Waals surface area contributed by atoms with Crippen LogP contribution >= 0.6 is 0 Å². The lowest BCUT2D eigenvalue weighted by Crippen LogP contribution is -1.97. The van der Waals surface area contributed by atoms with Crippen molar-refractivity contribution in [3.63, 3.8) is 0 Å². The number of rotatable bonds is 4. The third-order valence-electron chi connectivity index (χ3n) is 7.66. The molecule has 0 atom stereocenters. The zero-order chi connectivity index (χ0) is 26.5. The van der Waals surface area contributed by atoms with E-state index in [0.717, 1.165) is 56.4 Å². The van der Waals surface area contributed by atoms with Gasteiger partial charge in [-0.1, -0.05) is 97.1 Å². The van der Waals surface area contributed by atoms with Crippen molar-refractivity contribution in [2.24, 2.45) is 0 Å². The van der Waals surface area contributed by atoms with Gasteiger partial charge < -0.3 is 18.9 Å². The molecule has 0 N–H and O–H groups in total. The van der Waals surface area contributed by atoms with Crippen molar-refractivity contribution >= 4 is 10.8 Å². The molecule has 4 nitrogen and oxygen atoms in total. The van der Waals surface area contributed by atoms with E-state index in [1.165, 1.54) is 21.9 Å².